The fourth-order valence-corrected chi connectivity index (χ4v) is 1.87. The number of anilines is 1. The van der Waals surface area contributed by atoms with Crippen molar-refractivity contribution in [2.75, 3.05) is 5.32 Å². The molecule has 0 unspecified atom stereocenters. The fourth-order valence-electron chi connectivity index (χ4n) is 1.15. The van der Waals surface area contributed by atoms with Crippen LogP contribution in [0.25, 0.3) is 0 Å². The Labute approximate surface area is 92.2 Å². The maximum Gasteiger partial charge on any atom is 0.183 e. The summed E-state index contributed by atoms with van der Waals surface area (Å²) in [6.07, 6.45) is 1.78. The maximum atomic E-state index is 5.47. The highest BCUT2D eigenvalue weighted by Gasteiger charge is 1.99. The molecule has 0 bridgehead atoms. The van der Waals surface area contributed by atoms with Gasteiger partial charge in [0.1, 0.15) is 0 Å². The van der Waals surface area contributed by atoms with Gasteiger partial charge in [0.2, 0.25) is 0 Å². The summed E-state index contributed by atoms with van der Waals surface area (Å²) in [4.78, 5) is 8.51. The highest BCUT2D eigenvalue weighted by atomic mass is 32.1. The van der Waals surface area contributed by atoms with Crippen molar-refractivity contribution < 1.29 is 0 Å². The molecule has 0 fully saturated rings. The number of hydrogen-bond acceptors (Lipinski definition) is 5. The highest BCUT2D eigenvalue weighted by molar-refractivity contribution is 7.13. The Morgan fingerprint density at radius 3 is 2.93 bits per heavy atom. The Morgan fingerprint density at radius 2 is 2.27 bits per heavy atom. The molecule has 78 valence electrons. The first kappa shape index (κ1) is 10.1. The highest BCUT2D eigenvalue weighted by Crippen LogP contribution is 2.15. The van der Waals surface area contributed by atoms with Gasteiger partial charge < -0.3 is 11.1 Å². The molecule has 0 saturated carbocycles. The number of nitrogens with one attached hydrogen (secondary N) is 1. The van der Waals surface area contributed by atoms with Gasteiger partial charge in [0, 0.05) is 18.1 Å². The zero-order valence-corrected chi connectivity index (χ0v) is 9.00. The van der Waals surface area contributed by atoms with Gasteiger partial charge in [-0.15, -0.1) is 11.3 Å². The molecule has 2 aromatic heterocycles. The van der Waals surface area contributed by atoms with Crippen LogP contribution in [-0.4, -0.2) is 9.97 Å². The number of rotatable bonds is 4. The molecule has 0 aromatic carbocycles. The third-order valence-corrected chi connectivity index (χ3v) is 2.76. The minimum absolute atomic E-state index is 0.488. The summed E-state index contributed by atoms with van der Waals surface area (Å²) in [5.41, 5.74) is 7.40. The molecule has 0 radical (unpaired) electrons. The van der Waals surface area contributed by atoms with Crippen molar-refractivity contribution in [3.8, 4) is 0 Å². The minimum atomic E-state index is 0.488. The Morgan fingerprint density at radius 1 is 1.33 bits per heavy atom. The normalized spacial score (nSPS) is 10.2. The van der Waals surface area contributed by atoms with E-state index >= 15 is 0 Å². The average molecular weight is 220 g/mol. The second-order valence-electron chi connectivity index (χ2n) is 3.02. The smallest absolute Gasteiger partial charge is 0.183 e. The van der Waals surface area contributed by atoms with Crippen molar-refractivity contribution in [3.63, 3.8) is 0 Å². The first-order chi connectivity index (χ1) is 7.38. The lowest BCUT2D eigenvalue weighted by Gasteiger charge is -2.00. The van der Waals surface area contributed by atoms with E-state index in [1.165, 1.54) is 0 Å². The molecule has 15 heavy (non-hydrogen) atoms. The number of hydrogen-bond donors (Lipinski definition) is 2. The molecule has 5 heteroatoms. The number of thiazole rings is 1. The van der Waals surface area contributed by atoms with Crippen molar-refractivity contribution in [2.24, 2.45) is 5.73 Å². The molecule has 0 spiro atoms. The van der Waals surface area contributed by atoms with Gasteiger partial charge in [-0.25, -0.2) is 4.98 Å². The predicted octanol–water partition coefficient (Wildman–Crippen LogP) is 1.61. The molecule has 0 amide bonds. The van der Waals surface area contributed by atoms with Crippen LogP contribution in [0, 0.1) is 0 Å². The summed E-state index contributed by atoms with van der Waals surface area (Å²) in [6, 6.07) is 5.85. The first-order valence-corrected chi connectivity index (χ1v) is 5.54. The van der Waals surface area contributed by atoms with Gasteiger partial charge in [0.25, 0.3) is 0 Å². The molecular weight excluding hydrogens is 208 g/mol. The number of aromatic nitrogens is 2. The summed E-state index contributed by atoms with van der Waals surface area (Å²) in [7, 11) is 0. The van der Waals surface area contributed by atoms with E-state index in [4.69, 9.17) is 5.73 Å². The second kappa shape index (κ2) is 4.86. The number of nitrogens with two attached hydrogens (primary N) is 1. The standard InChI is InChI=1S/C10H12N4S/c11-5-9-7-15-10(14-9)13-6-8-3-1-2-4-12-8/h1-4,7H,5-6,11H2,(H,13,14). The van der Waals surface area contributed by atoms with Crippen molar-refractivity contribution in [2.45, 2.75) is 13.1 Å². The molecule has 0 atom stereocenters. The SMILES string of the molecule is NCc1csc(NCc2ccccn2)n1. The molecular formula is C10H12N4S. The second-order valence-corrected chi connectivity index (χ2v) is 3.88. The zero-order chi connectivity index (χ0) is 10.5. The van der Waals surface area contributed by atoms with Gasteiger partial charge in [0.05, 0.1) is 17.9 Å². The van der Waals surface area contributed by atoms with E-state index in [1.54, 1.807) is 17.5 Å². The molecule has 0 aliphatic carbocycles. The van der Waals surface area contributed by atoms with E-state index in [-0.39, 0.29) is 0 Å². The van der Waals surface area contributed by atoms with Crippen LogP contribution in [0.3, 0.4) is 0 Å². The predicted molar refractivity (Wildman–Crippen MR) is 61.6 cm³/mol. The summed E-state index contributed by atoms with van der Waals surface area (Å²) >= 11 is 1.56. The van der Waals surface area contributed by atoms with Crippen molar-refractivity contribution in [1.29, 1.82) is 0 Å². The van der Waals surface area contributed by atoms with Gasteiger partial charge in [-0.3, -0.25) is 4.98 Å². The van der Waals surface area contributed by atoms with E-state index in [9.17, 15) is 0 Å². The van der Waals surface area contributed by atoms with Crippen molar-refractivity contribution in [3.05, 3.63) is 41.2 Å². The van der Waals surface area contributed by atoms with Crippen LogP contribution in [0.15, 0.2) is 29.8 Å². The summed E-state index contributed by atoms with van der Waals surface area (Å²) in [5, 5.41) is 6.05. The Kier molecular flexibility index (Phi) is 3.26. The molecule has 3 N–H and O–H groups in total. The topological polar surface area (TPSA) is 63.8 Å². The van der Waals surface area contributed by atoms with E-state index in [0.717, 1.165) is 16.5 Å². The van der Waals surface area contributed by atoms with Gasteiger partial charge in [0.15, 0.2) is 5.13 Å². The van der Waals surface area contributed by atoms with Gasteiger partial charge >= 0.3 is 0 Å². The van der Waals surface area contributed by atoms with Crippen molar-refractivity contribution >= 4 is 16.5 Å². The Hall–Kier alpha value is -1.46. The van der Waals surface area contributed by atoms with Crippen LogP contribution in [0.5, 0.6) is 0 Å². The fraction of sp³-hybridized carbons (Fsp3) is 0.200. The molecule has 0 saturated heterocycles. The zero-order valence-electron chi connectivity index (χ0n) is 8.18. The van der Waals surface area contributed by atoms with Crippen LogP contribution >= 0.6 is 11.3 Å². The summed E-state index contributed by atoms with van der Waals surface area (Å²) < 4.78 is 0. The quantitative estimate of drug-likeness (QED) is 0.821. The Bertz CT molecular complexity index is 412. The lowest BCUT2D eigenvalue weighted by molar-refractivity contribution is 0.994. The number of nitrogens with zero attached hydrogens (tertiary/aromatic N) is 2. The monoisotopic (exact) mass is 220 g/mol. The first-order valence-electron chi connectivity index (χ1n) is 4.67. The summed E-state index contributed by atoms with van der Waals surface area (Å²) in [6.45, 7) is 1.18. The van der Waals surface area contributed by atoms with Crippen LogP contribution in [-0.2, 0) is 13.1 Å². The molecule has 4 nitrogen and oxygen atoms in total. The third kappa shape index (κ3) is 2.74. The van der Waals surface area contributed by atoms with Gasteiger partial charge in [-0.1, -0.05) is 6.07 Å². The average Bonchev–Trinajstić information content (AvgIpc) is 2.76. The van der Waals surface area contributed by atoms with Crippen molar-refractivity contribution in [1.82, 2.24) is 9.97 Å². The largest absolute Gasteiger partial charge is 0.356 e. The van der Waals surface area contributed by atoms with E-state index in [2.05, 4.69) is 15.3 Å². The lowest BCUT2D eigenvalue weighted by atomic mass is 10.3. The number of pyridine rings is 1. The van der Waals surface area contributed by atoms with Crippen LogP contribution in [0.4, 0.5) is 5.13 Å². The van der Waals surface area contributed by atoms with Crippen LogP contribution < -0.4 is 11.1 Å². The van der Waals surface area contributed by atoms with E-state index in [0.29, 0.717) is 13.1 Å². The molecule has 2 aromatic rings. The molecule has 0 aliphatic rings. The van der Waals surface area contributed by atoms with E-state index in [1.807, 2.05) is 23.6 Å². The molecule has 2 rings (SSSR count). The third-order valence-electron chi connectivity index (χ3n) is 1.91. The lowest BCUT2D eigenvalue weighted by Crippen LogP contribution is -2.01. The molecule has 0 aliphatic heterocycles. The summed E-state index contributed by atoms with van der Waals surface area (Å²) in [5.74, 6) is 0. The molecule has 2 heterocycles. The van der Waals surface area contributed by atoms with Gasteiger partial charge in [-0.2, -0.15) is 0 Å². The van der Waals surface area contributed by atoms with Crippen LogP contribution in [0.1, 0.15) is 11.4 Å². The van der Waals surface area contributed by atoms with Crippen LogP contribution in [0.2, 0.25) is 0 Å². The van der Waals surface area contributed by atoms with E-state index < -0.39 is 0 Å². The van der Waals surface area contributed by atoms with Gasteiger partial charge in [-0.05, 0) is 12.1 Å². The maximum absolute atomic E-state index is 5.47. The minimum Gasteiger partial charge on any atom is -0.356 e. The Balaban J connectivity index is 1.93.